The zero-order chi connectivity index (χ0) is 12.5. The summed E-state index contributed by atoms with van der Waals surface area (Å²) < 4.78 is 1.04. The predicted octanol–water partition coefficient (Wildman–Crippen LogP) is -0.00120. The van der Waals surface area contributed by atoms with Gasteiger partial charge in [-0.25, -0.2) is 24.4 Å². The van der Waals surface area contributed by atoms with Gasteiger partial charge in [-0.05, 0) is 12.8 Å². The second kappa shape index (κ2) is 4.23. The molecule has 0 radical (unpaired) electrons. The second-order valence-corrected chi connectivity index (χ2v) is 4.55. The molecule has 1 aliphatic carbocycles. The highest BCUT2D eigenvalue weighted by molar-refractivity contribution is 5.68. The molecular weight excluding hydrogens is 226 g/mol. The molecule has 1 aliphatic rings. The predicted molar refractivity (Wildman–Crippen MR) is 59.0 cm³/mol. The quantitative estimate of drug-likeness (QED) is 0.692. The van der Waals surface area contributed by atoms with Crippen LogP contribution in [0.5, 0.6) is 0 Å². The third-order valence-electron chi connectivity index (χ3n) is 3.42. The van der Waals surface area contributed by atoms with Gasteiger partial charge in [0, 0.05) is 0 Å². The lowest BCUT2D eigenvalue weighted by Crippen LogP contribution is -2.48. The fourth-order valence-electron chi connectivity index (χ4n) is 2.71. The van der Waals surface area contributed by atoms with Gasteiger partial charge < -0.3 is 5.11 Å². The summed E-state index contributed by atoms with van der Waals surface area (Å²) in [5, 5.41) is 13.4. The topological polar surface area (TPSA) is 108 Å². The van der Waals surface area contributed by atoms with Crippen molar-refractivity contribution in [3.8, 4) is 0 Å². The summed E-state index contributed by atoms with van der Waals surface area (Å²) in [6.45, 7) is 0. The number of aromatic nitrogens is 3. The summed E-state index contributed by atoms with van der Waals surface area (Å²) in [4.78, 5) is 34.2. The largest absolute Gasteiger partial charge is 0.481 e. The molecule has 0 saturated heterocycles. The van der Waals surface area contributed by atoms with Gasteiger partial charge in [-0.3, -0.25) is 4.79 Å². The third-order valence-corrected chi connectivity index (χ3v) is 3.42. The van der Waals surface area contributed by atoms with Gasteiger partial charge in [0.15, 0.2) is 0 Å². The molecule has 1 heterocycles. The molecule has 0 aromatic carbocycles. The highest BCUT2D eigenvalue weighted by Gasteiger charge is 2.39. The van der Waals surface area contributed by atoms with E-state index in [0.717, 1.165) is 23.8 Å². The first kappa shape index (κ1) is 11.7. The molecule has 0 atom stereocenters. The monoisotopic (exact) mass is 241 g/mol. The molecule has 3 N–H and O–H groups in total. The molecule has 0 bridgehead atoms. The van der Waals surface area contributed by atoms with Gasteiger partial charge in [-0.1, -0.05) is 19.3 Å². The van der Waals surface area contributed by atoms with E-state index in [9.17, 15) is 14.4 Å². The molecule has 1 saturated carbocycles. The smallest absolute Gasteiger partial charge is 0.344 e. The van der Waals surface area contributed by atoms with Crippen LogP contribution in [0.15, 0.2) is 9.59 Å². The SMILES string of the molecule is O=C(O)CC1(n2c(=O)[nH][nH]c2=O)CCCCC1. The van der Waals surface area contributed by atoms with Crippen LogP contribution in [0.3, 0.4) is 0 Å². The van der Waals surface area contributed by atoms with Crippen LogP contribution in [-0.4, -0.2) is 25.8 Å². The van der Waals surface area contributed by atoms with Crippen molar-refractivity contribution in [2.75, 3.05) is 0 Å². The molecule has 0 amide bonds. The standard InChI is InChI=1S/C10H15N3O4/c14-7(15)6-10(4-2-1-3-5-10)13-8(16)11-12-9(13)17/h1-6H2,(H,11,16)(H,12,17)(H,14,15). The highest BCUT2D eigenvalue weighted by Crippen LogP contribution is 2.35. The first-order chi connectivity index (χ1) is 8.05. The zero-order valence-electron chi connectivity index (χ0n) is 9.36. The minimum atomic E-state index is -0.987. The van der Waals surface area contributed by atoms with Crippen molar-refractivity contribution in [2.24, 2.45) is 0 Å². The fraction of sp³-hybridized carbons (Fsp3) is 0.700. The maximum absolute atomic E-state index is 11.6. The lowest BCUT2D eigenvalue weighted by Gasteiger charge is -2.35. The van der Waals surface area contributed by atoms with Gasteiger partial charge in [-0.15, -0.1) is 0 Å². The highest BCUT2D eigenvalue weighted by atomic mass is 16.4. The van der Waals surface area contributed by atoms with E-state index in [-0.39, 0.29) is 6.42 Å². The summed E-state index contributed by atoms with van der Waals surface area (Å²) in [5.74, 6) is -0.987. The first-order valence-electron chi connectivity index (χ1n) is 5.67. The summed E-state index contributed by atoms with van der Waals surface area (Å²) in [7, 11) is 0. The van der Waals surface area contributed by atoms with E-state index in [1.807, 2.05) is 0 Å². The number of carbonyl (C=O) groups is 1. The minimum Gasteiger partial charge on any atom is -0.481 e. The molecule has 0 aliphatic heterocycles. The van der Waals surface area contributed by atoms with Crippen LogP contribution >= 0.6 is 0 Å². The Labute approximate surface area is 96.5 Å². The Morgan fingerprint density at radius 2 is 1.71 bits per heavy atom. The molecule has 7 nitrogen and oxygen atoms in total. The van der Waals surface area contributed by atoms with E-state index in [1.165, 1.54) is 0 Å². The van der Waals surface area contributed by atoms with Gasteiger partial charge in [-0.2, -0.15) is 0 Å². The van der Waals surface area contributed by atoms with Crippen molar-refractivity contribution in [1.82, 2.24) is 14.8 Å². The summed E-state index contributed by atoms with van der Waals surface area (Å²) in [6.07, 6.45) is 3.61. The van der Waals surface area contributed by atoms with Gasteiger partial charge in [0.05, 0.1) is 12.0 Å². The number of carboxylic acid groups (broad SMARTS) is 1. The number of rotatable bonds is 3. The molecule has 0 unspecified atom stereocenters. The van der Waals surface area contributed by atoms with E-state index in [2.05, 4.69) is 10.2 Å². The first-order valence-corrected chi connectivity index (χ1v) is 5.67. The van der Waals surface area contributed by atoms with Crippen LogP contribution in [0.1, 0.15) is 38.5 Å². The van der Waals surface area contributed by atoms with E-state index < -0.39 is 22.9 Å². The molecule has 17 heavy (non-hydrogen) atoms. The average molecular weight is 241 g/mol. The van der Waals surface area contributed by atoms with Crippen molar-refractivity contribution in [3.63, 3.8) is 0 Å². The molecular formula is C10H15N3O4. The summed E-state index contributed by atoms with van der Waals surface area (Å²) >= 11 is 0. The second-order valence-electron chi connectivity index (χ2n) is 4.55. The van der Waals surface area contributed by atoms with Gasteiger partial charge in [0.1, 0.15) is 0 Å². The number of aromatic amines is 2. The number of nitrogens with one attached hydrogen (secondary N) is 2. The van der Waals surface area contributed by atoms with Crippen molar-refractivity contribution in [1.29, 1.82) is 0 Å². The van der Waals surface area contributed by atoms with E-state index >= 15 is 0 Å². The number of carboxylic acids is 1. The van der Waals surface area contributed by atoms with Gasteiger partial charge in [0.2, 0.25) is 0 Å². The van der Waals surface area contributed by atoms with E-state index in [1.54, 1.807) is 0 Å². The van der Waals surface area contributed by atoms with Crippen molar-refractivity contribution < 1.29 is 9.90 Å². The lowest BCUT2D eigenvalue weighted by molar-refractivity contribution is -0.140. The molecule has 1 aromatic heterocycles. The normalized spacial score (nSPS) is 19.1. The Balaban J connectivity index is 2.49. The summed E-state index contributed by atoms with van der Waals surface area (Å²) in [5.41, 5.74) is -1.98. The third kappa shape index (κ3) is 2.04. The maximum Gasteiger partial charge on any atom is 0.344 e. The van der Waals surface area contributed by atoms with Crippen LogP contribution in [0.4, 0.5) is 0 Å². The van der Waals surface area contributed by atoms with Crippen LogP contribution < -0.4 is 11.4 Å². The van der Waals surface area contributed by atoms with Crippen molar-refractivity contribution in [2.45, 2.75) is 44.1 Å². The number of hydrogen-bond donors (Lipinski definition) is 3. The van der Waals surface area contributed by atoms with Crippen molar-refractivity contribution in [3.05, 3.63) is 21.0 Å². The summed E-state index contributed by atoms with van der Waals surface area (Å²) in [6, 6.07) is 0. The zero-order valence-corrected chi connectivity index (χ0v) is 9.36. The molecule has 2 rings (SSSR count). The number of H-pyrrole nitrogens is 2. The fourth-order valence-corrected chi connectivity index (χ4v) is 2.71. The van der Waals surface area contributed by atoms with Crippen LogP contribution in [0, 0.1) is 0 Å². The van der Waals surface area contributed by atoms with Crippen LogP contribution in [0.25, 0.3) is 0 Å². The molecule has 1 fully saturated rings. The van der Waals surface area contributed by atoms with Gasteiger partial charge >= 0.3 is 17.3 Å². The van der Waals surface area contributed by atoms with Crippen molar-refractivity contribution >= 4 is 5.97 Å². The minimum absolute atomic E-state index is 0.187. The Morgan fingerprint density at radius 3 is 2.18 bits per heavy atom. The van der Waals surface area contributed by atoms with Gasteiger partial charge in [0.25, 0.3) is 0 Å². The lowest BCUT2D eigenvalue weighted by atomic mass is 9.79. The number of aliphatic carboxylic acids is 1. The molecule has 7 heteroatoms. The van der Waals surface area contributed by atoms with Crippen LogP contribution in [-0.2, 0) is 10.3 Å². The molecule has 94 valence electrons. The Bertz CT molecular complexity index is 491. The Hall–Kier alpha value is -1.79. The molecule has 1 aromatic rings. The number of nitrogens with zero attached hydrogens (tertiary/aromatic N) is 1. The Kier molecular flexibility index (Phi) is 2.91. The number of hydrogen-bond acceptors (Lipinski definition) is 3. The van der Waals surface area contributed by atoms with E-state index in [0.29, 0.717) is 12.8 Å². The van der Waals surface area contributed by atoms with Crippen LogP contribution in [0.2, 0.25) is 0 Å². The molecule has 0 spiro atoms. The maximum atomic E-state index is 11.6. The van der Waals surface area contributed by atoms with E-state index in [4.69, 9.17) is 5.11 Å². The Morgan fingerprint density at radius 1 is 1.18 bits per heavy atom. The average Bonchev–Trinajstić information content (AvgIpc) is 2.59.